The van der Waals surface area contributed by atoms with Crippen LogP contribution in [0.2, 0.25) is 0 Å². The molecule has 4 N–H and O–H groups in total. The van der Waals surface area contributed by atoms with Gasteiger partial charge in [0.1, 0.15) is 0 Å². The molecule has 0 fully saturated rings. The first-order chi connectivity index (χ1) is 9.58. The van der Waals surface area contributed by atoms with Gasteiger partial charge in [-0.2, -0.15) is 0 Å². The zero-order valence-electron chi connectivity index (χ0n) is 12.9. The quantitative estimate of drug-likeness (QED) is 0.788. The molecule has 2 unspecified atom stereocenters. The molecule has 2 nitrogen and oxygen atoms in total. The Labute approximate surface area is 122 Å². The SMILES string of the molecule is CC.CC(c1ccc(N)cc1)C(C)c1cccc(N)c1. The highest BCUT2D eigenvalue weighted by atomic mass is 14.5. The Morgan fingerprint density at radius 3 is 1.80 bits per heavy atom. The number of rotatable bonds is 3. The maximum atomic E-state index is 5.84. The summed E-state index contributed by atoms with van der Waals surface area (Å²) in [5.41, 5.74) is 15.8. The highest BCUT2D eigenvalue weighted by molar-refractivity contribution is 5.44. The lowest BCUT2D eigenvalue weighted by molar-refractivity contribution is 0.624. The van der Waals surface area contributed by atoms with Gasteiger partial charge in [0.05, 0.1) is 0 Å². The number of hydrogen-bond acceptors (Lipinski definition) is 2. The molecule has 2 aromatic carbocycles. The van der Waals surface area contributed by atoms with Crippen LogP contribution < -0.4 is 11.5 Å². The summed E-state index contributed by atoms with van der Waals surface area (Å²) in [5.74, 6) is 0.865. The zero-order valence-corrected chi connectivity index (χ0v) is 12.9. The summed E-state index contributed by atoms with van der Waals surface area (Å²) in [4.78, 5) is 0. The molecule has 2 aromatic rings. The Balaban J connectivity index is 0.000000956. The summed E-state index contributed by atoms with van der Waals surface area (Å²) in [6.45, 7) is 8.47. The van der Waals surface area contributed by atoms with E-state index in [-0.39, 0.29) is 0 Å². The number of anilines is 2. The molecule has 0 radical (unpaired) electrons. The molecule has 0 aliphatic heterocycles. The van der Waals surface area contributed by atoms with Crippen molar-refractivity contribution >= 4 is 11.4 Å². The first-order valence-electron chi connectivity index (χ1n) is 7.29. The fourth-order valence-electron chi connectivity index (χ4n) is 2.22. The van der Waals surface area contributed by atoms with Gasteiger partial charge < -0.3 is 11.5 Å². The summed E-state index contributed by atoms with van der Waals surface area (Å²) >= 11 is 0. The molecule has 0 amide bonds. The van der Waals surface area contributed by atoms with Crippen molar-refractivity contribution in [3.63, 3.8) is 0 Å². The molecule has 0 saturated carbocycles. The van der Waals surface area contributed by atoms with Gasteiger partial charge in [0, 0.05) is 11.4 Å². The fourth-order valence-corrected chi connectivity index (χ4v) is 2.22. The molecule has 2 rings (SSSR count). The van der Waals surface area contributed by atoms with E-state index >= 15 is 0 Å². The highest BCUT2D eigenvalue weighted by Gasteiger charge is 2.16. The standard InChI is InChI=1S/C16H20N2.C2H6/c1-11(13-6-8-15(17)9-7-13)12(2)14-4-3-5-16(18)10-14;1-2/h3-12H,17-18H2,1-2H3;1-2H3. The Morgan fingerprint density at radius 2 is 1.25 bits per heavy atom. The lowest BCUT2D eigenvalue weighted by atomic mass is 9.84. The smallest absolute Gasteiger partial charge is 0.0316 e. The van der Waals surface area contributed by atoms with Crippen molar-refractivity contribution in [2.45, 2.75) is 39.5 Å². The van der Waals surface area contributed by atoms with E-state index in [0.29, 0.717) is 11.8 Å². The van der Waals surface area contributed by atoms with Gasteiger partial charge in [-0.1, -0.05) is 52.0 Å². The van der Waals surface area contributed by atoms with Crippen LogP contribution in [0.1, 0.15) is 50.7 Å². The van der Waals surface area contributed by atoms with Gasteiger partial charge in [0.25, 0.3) is 0 Å². The van der Waals surface area contributed by atoms with Crippen LogP contribution in [0.25, 0.3) is 0 Å². The summed E-state index contributed by atoms with van der Waals surface area (Å²) in [6.07, 6.45) is 0. The minimum Gasteiger partial charge on any atom is -0.399 e. The Kier molecular flexibility index (Phi) is 6.10. The van der Waals surface area contributed by atoms with Gasteiger partial charge in [0.15, 0.2) is 0 Å². The van der Waals surface area contributed by atoms with Crippen molar-refractivity contribution in [1.29, 1.82) is 0 Å². The van der Waals surface area contributed by atoms with E-state index in [9.17, 15) is 0 Å². The van der Waals surface area contributed by atoms with E-state index in [1.165, 1.54) is 11.1 Å². The first-order valence-corrected chi connectivity index (χ1v) is 7.29. The van der Waals surface area contributed by atoms with Gasteiger partial charge in [-0.15, -0.1) is 0 Å². The van der Waals surface area contributed by atoms with Crippen LogP contribution in [0.15, 0.2) is 48.5 Å². The number of hydrogen-bond donors (Lipinski definition) is 2. The van der Waals surface area contributed by atoms with E-state index in [2.05, 4.69) is 38.1 Å². The third-order valence-electron chi connectivity index (χ3n) is 3.65. The van der Waals surface area contributed by atoms with Crippen molar-refractivity contribution in [2.75, 3.05) is 11.5 Å². The molecule has 2 heteroatoms. The predicted molar refractivity (Wildman–Crippen MR) is 89.9 cm³/mol. The lowest BCUT2D eigenvalue weighted by Crippen LogP contribution is -2.05. The van der Waals surface area contributed by atoms with Crippen LogP contribution in [0.5, 0.6) is 0 Å². The van der Waals surface area contributed by atoms with E-state index in [1.54, 1.807) is 0 Å². The summed E-state index contributed by atoms with van der Waals surface area (Å²) < 4.78 is 0. The lowest BCUT2D eigenvalue weighted by Gasteiger charge is -2.21. The molecule has 0 bridgehead atoms. The molecular weight excluding hydrogens is 244 g/mol. The molecule has 0 heterocycles. The second-order valence-corrected chi connectivity index (χ2v) is 4.91. The van der Waals surface area contributed by atoms with Crippen LogP contribution in [-0.4, -0.2) is 0 Å². The maximum absolute atomic E-state index is 5.84. The number of nitrogens with two attached hydrogens (primary N) is 2. The summed E-state index contributed by atoms with van der Waals surface area (Å²) in [5, 5.41) is 0. The van der Waals surface area contributed by atoms with E-state index < -0.39 is 0 Å². The van der Waals surface area contributed by atoms with Crippen molar-refractivity contribution in [3.05, 3.63) is 59.7 Å². The third kappa shape index (κ3) is 4.02. The maximum Gasteiger partial charge on any atom is 0.0316 e. The van der Waals surface area contributed by atoms with Crippen molar-refractivity contribution < 1.29 is 0 Å². The predicted octanol–water partition coefficient (Wildman–Crippen LogP) is 4.78. The summed E-state index contributed by atoms with van der Waals surface area (Å²) in [7, 11) is 0. The number of nitrogen functional groups attached to an aromatic ring is 2. The minimum atomic E-state index is 0.428. The van der Waals surface area contributed by atoms with E-state index in [0.717, 1.165) is 11.4 Å². The monoisotopic (exact) mass is 270 g/mol. The third-order valence-corrected chi connectivity index (χ3v) is 3.65. The molecule has 0 saturated heterocycles. The second-order valence-electron chi connectivity index (χ2n) is 4.91. The van der Waals surface area contributed by atoms with Crippen LogP contribution in [0.3, 0.4) is 0 Å². The molecule has 20 heavy (non-hydrogen) atoms. The summed E-state index contributed by atoms with van der Waals surface area (Å²) in [6, 6.07) is 16.2. The Hall–Kier alpha value is -1.96. The van der Waals surface area contributed by atoms with Gasteiger partial charge in [-0.05, 0) is 47.2 Å². The Bertz CT molecular complexity index is 517. The van der Waals surface area contributed by atoms with Gasteiger partial charge in [-0.3, -0.25) is 0 Å². The normalized spacial score (nSPS) is 13.0. The molecule has 0 aromatic heterocycles. The topological polar surface area (TPSA) is 52.0 Å². The highest BCUT2D eigenvalue weighted by Crippen LogP contribution is 2.33. The van der Waals surface area contributed by atoms with Crippen molar-refractivity contribution in [2.24, 2.45) is 0 Å². The molecule has 108 valence electrons. The first kappa shape index (κ1) is 16.1. The van der Waals surface area contributed by atoms with Crippen molar-refractivity contribution in [1.82, 2.24) is 0 Å². The van der Waals surface area contributed by atoms with E-state index in [1.807, 2.05) is 38.1 Å². The number of benzene rings is 2. The van der Waals surface area contributed by atoms with Crippen LogP contribution in [-0.2, 0) is 0 Å². The van der Waals surface area contributed by atoms with Crippen LogP contribution >= 0.6 is 0 Å². The van der Waals surface area contributed by atoms with Crippen molar-refractivity contribution in [3.8, 4) is 0 Å². The van der Waals surface area contributed by atoms with Gasteiger partial charge in [-0.25, -0.2) is 0 Å². The minimum absolute atomic E-state index is 0.428. The Morgan fingerprint density at radius 1 is 0.700 bits per heavy atom. The molecule has 0 aliphatic rings. The molecule has 0 aliphatic carbocycles. The largest absolute Gasteiger partial charge is 0.399 e. The van der Waals surface area contributed by atoms with E-state index in [4.69, 9.17) is 11.5 Å². The fraction of sp³-hybridized carbons (Fsp3) is 0.333. The zero-order chi connectivity index (χ0) is 15.1. The second kappa shape index (κ2) is 7.59. The van der Waals surface area contributed by atoms with Gasteiger partial charge in [0.2, 0.25) is 0 Å². The van der Waals surface area contributed by atoms with Crippen LogP contribution in [0.4, 0.5) is 11.4 Å². The van der Waals surface area contributed by atoms with Gasteiger partial charge >= 0.3 is 0 Å². The molecule has 2 atom stereocenters. The average Bonchev–Trinajstić information content (AvgIpc) is 2.48. The molecular formula is C18H26N2. The average molecular weight is 270 g/mol. The molecule has 0 spiro atoms. The van der Waals surface area contributed by atoms with Crippen LogP contribution in [0, 0.1) is 0 Å².